The molecular formula is C11H10N2O2S. The van der Waals surface area contributed by atoms with E-state index < -0.39 is 0 Å². The van der Waals surface area contributed by atoms with Gasteiger partial charge >= 0.3 is 0 Å². The number of nitrogens with one attached hydrogen (secondary N) is 1. The minimum absolute atomic E-state index is 0.115. The summed E-state index contributed by atoms with van der Waals surface area (Å²) in [6.07, 6.45) is 5.45. The van der Waals surface area contributed by atoms with Crippen molar-refractivity contribution in [2.24, 2.45) is 0 Å². The van der Waals surface area contributed by atoms with Crippen LogP contribution < -0.4 is 5.32 Å². The molecule has 0 spiro atoms. The topological polar surface area (TPSA) is 55.1 Å². The molecule has 0 radical (unpaired) electrons. The van der Waals surface area contributed by atoms with E-state index in [0.717, 1.165) is 24.3 Å². The summed E-state index contributed by atoms with van der Waals surface area (Å²) in [5.74, 6) is 1.15. The minimum atomic E-state index is -0.115. The number of amides is 1. The third-order valence-electron chi connectivity index (χ3n) is 2.58. The summed E-state index contributed by atoms with van der Waals surface area (Å²) in [4.78, 5) is 11.9. The fourth-order valence-electron chi connectivity index (χ4n) is 1.64. The quantitative estimate of drug-likeness (QED) is 0.888. The first-order valence-corrected chi connectivity index (χ1v) is 5.96. The Kier molecular flexibility index (Phi) is 2.25. The van der Waals surface area contributed by atoms with Crippen molar-refractivity contribution in [2.45, 2.75) is 18.8 Å². The molecule has 1 aliphatic rings. The Balaban J connectivity index is 1.80. The predicted molar refractivity (Wildman–Crippen MR) is 60.8 cm³/mol. The Hall–Kier alpha value is -1.62. The van der Waals surface area contributed by atoms with Crippen LogP contribution in [0.2, 0.25) is 0 Å². The summed E-state index contributed by atoms with van der Waals surface area (Å²) in [6, 6.07) is 1.72. The van der Waals surface area contributed by atoms with E-state index in [9.17, 15) is 4.79 Å². The molecule has 0 saturated heterocycles. The maximum Gasteiger partial charge on any atom is 0.259 e. The molecule has 0 aliphatic heterocycles. The van der Waals surface area contributed by atoms with E-state index in [4.69, 9.17) is 4.42 Å². The van der Waals surface area contributed by atoms with Gasteiger partial charge in [-0.1, -0.05) is 0 Å². The van der Waals surface area contributed by atoms with Gasteiger partial charge in [0.1, 0.15) is 5.76 Å². The van der Waals surface area contributed by atoms with Gasteiger partial charge in [-0.05, 0) is 30.4 Å². The molecule has 2 heterocycles. The van der Waals surface area contributed by atoms with Crippen LogP contribution in [0.5, 0.6) is 0 Å². The monoisotopic (exact) mass is 234 g/mol. The number of carbonyl (C=O) groups is 1. The van der Waals surface area contributed by atoms with Gasteiger partial charge in [0.05, 0.1) is 23.7 Å². The molecule has 1 saturated carbocycles. The second-order valence-corrected chi connectivity index (χ2v) is 4.50. The van der Waals surface area contributed by atoms with E-state index in [0.29, 0.717) is 11.5 Å². The molecule has 1 amide bonds. The van der Waals surface area contributed by atoms with Crippen molar-refractivity contribution in [1.82, 2.24) is 4.37 Å². The lowest BCUT2D eigenvalue weighted by Crippen LogP contribution is -2.12. The van der Waals surface area contributed by atoms with Crippen molar-refractivity contribution in [3.8, 4) is 0 Å². The van der Waals surface area contributed by atoms with Crippen LogP contribution in [0.1, 0.15) is 34.9 Å². The molecule has 1 fully saturated rings. The zero-order valence-electron chi connectivity index (χ0n) is 8.47. The molecule has 1 N–H and O–H groups in total. The van der Waals surface area contributed by atoms with Crippen molar-refractivity contribution in [1.29, 1.82) is 0 Å². The fraction of sp³-hybridized carbons (Fsp3) is 0.273. The van der Waals surface area contributed by atoms with Gasteiger partial charge in [0, 0.05) is 11.3 Å². The maximum atomic E-state index is 11.9. The highest BCUT2D eigenvalue weighted by Gasteiger charge is 2.31. The molecule has 2 aromatic rings. The molecule has 82 valence electrons. The van der Waals surface area contributed by atoms with Crippen LogP contribution in [0.3, 0.4) is 0 Å². The standard InChI is InChI=1S/C11H10N2O2S/c14-11(13-8-5-12-16-6-8)9-3-4-15-10(9)7-1-2-7/h3-7H,1-2H2,(H,13,14). The predicted octanol–water partition coefficient (Wildman–Crippen LogP) is 2.87. The van der Waals surface area contributed by atoms with E-state index >= 15 is 0 Å². The molecule has 1 aliphatic carbocycles. The van der Waals surface area contributed by atoms with Gasteiger partial charge in [0.15, 0.2) is 0 Å². The summed E-state index contributed by atoms with van der Waals surface area (Å²) >= 11 is 1.31. The van der Waals surface area contributed by atoms with Gasteiger partial charge < -0.3 is 9.73 Å². The molecule has 3 rings (SSSR count). The van der Waals surface area contributed by atoms with E-state index in [1.807, 2.05) is 0 Å². The van der Waals surface area contributed by atoms with Crippen molar-refractivity contribution in [3.05, 3.63) is 35.2 Å². The number of nitrogens with zero attached hydrogens (tertiary/aromatic N) is 1. The second-order valence-electron chi connectivity index (χ2n) is 3.84. The van der Waals surface area contributed by atoms with Crippen molar-refractivity contribution in [3.63, 3.8) is 0 Å². The summed E-state index contributed by atoms with van der Waals surface area (Å²) in [5.41, 5.74) is 1.38. The van der Waals surface area contributed by atoms with Gasteiger partial charge in [-0.15, -0.1) is 0 Å². The number of rotatable bonds is 3. The first kappa shape index (κ1) is 9.59. The number of aromatic nitrogens is 1. The van der Waals surface area contributed by atoms with Crippen molar-refractivity contribution >= 4 is 23.1 Å². The molecule has 0 bridgehead atoms. The van der Waals surface area contributed by atoms with Gasteiger partial charge in [-0.3, -0.25) is 4.79 Å². The third kappa shape index (κ3) is 1.74. The lowest BCUT2D eigenvalue weighted by molar-refractivity contribution is 0.102. The normalized spacial score (nSPS) is 15.0. The average molecular weight is 234 g/mol. The van der Waals surface area contributed by atoms with Crippen LogP contribution in [0.25, 0.3) is 0 Å². The number of furan rings is 1. The Morgan fingerprint density at radius 1 is 1.56 bits per heavy atom. The van der Waals surface area contributed by atoms with Crippen LogP contribution in [-0.4, -0.2) is 10.3 Å². The molecule has 0 aromatic carbocycles. The van der Waals surface area contributed by atoms with E-state index in [1.54, 1.807) is 23.9 Å². The first-order valence-electron chi connectivity index (χ1n) is 5.12. The average Bonchev–Trinajstić information content (AvgIpc) is 2.82. The third-order valence-corrected chi connectivity index (χ3v) is 3.16. The number of hydrogen-bond donors (Lipinski definition) is 1. The number of anilines is 1. The number of hydrogen-bond acceptors (Lipinski definition) is 4. The maximum absolute atomic E-state index is 11.9. The molecule has 0 unspecified atom stereocenters. The highest BCUT2D eigenvalue weighted by Crippen LogP contribution is 2.42. The van der Waals surface area contributed by atoms with E-state index in [1.165, 1.54) is 11.5 Å². The molecule has 5 heteroatoms. The van der Waals surface area contributed by atoms with E-state index in [2.05, 4.69) is 9.69 Å². The SMILES string of the molecule is O=C(Nc1cnsc1)c1ccoc1C1CC1. The molecule has 2 aromatic heterocycles. The Labute approximate surface area is 96.4 Å². The Morgan fingerprint density at radius 2 is 2.44 bits per heavy atom. The van der Waals surface area contributed by atoms with Crippen LogP contribution in [0.15, 0.2) is 28.3 Å². The van der Waals surface area contributed by atoms with Crippen LogP contribution in [0.4, 0.5) is 5.69 Å². The fourth-order valence-corrected chi connectivity index (χ4v) is 2.10. The highest BCUT2D eigenvalue weighted by atomic mass is 32.1. The second kappa shape index (κ2) is 3.75. The summed E-state index contributed by atoms with van der Waals surface area (Å²) in [5, 5.41) is 4.60. The van der Waals surface area contributed by atoms with Crippen LogP contribution in [0, 0.1) is 0 Å². The van der Waals surface area contributed by atoms with Gasteiger partial charge in [-0.25, -0.2) is 0 Å². The Morgan fingerprint density at radius 3 is 3.12 bits per heavy atom. The number of carbonyl (C=O) groups excluding carboxylic acids is 1. The smallest absolute Gasteiger partial charge is 0.259 e. The summed E-state index contributed by atoms with van der Waals surface area (Å²) in [7, 11) is 0. The van der Waals surface area contributed by atoms with Crippen molar-refractivity contribution < 1.29 is 9.21 Å². The molecule has 4 nitrogen and oxygen atoms in total. The lowest BCUT2D eigenvalue weighted by Gasteiger charge is -2.01. The Bertz CT molecular complexity index is 500. The minimum Gasteiger partial charge on any atom is -0.468 e. The van der Waals surface area contributed by atoms with Crippen molar-refractivity contribution in [2.75, 3.05) is 5.32 Å². The summed E-state index contributed by atoms with van der Waals surface area (Å²) < 4.78 is 9.28. The molecular weight excluding hydrogens is 224 g/mol. The van der Waals surface area contributed by atoms with Crippen LogP contribution in [-0.2, 0) is 0 Å². The molecule has 0 atom stereocenters. The zero-order chi connectivity index (χ0) is 11.0. The molecule has 16 heavy (non-hydrogen) atoms. The largest absolute Gasteiger partial charge is 0.468 e. The van der Waals surface area contributed by atoms with Gasteiger partial charge in [-0.2, -0.15) is 4.37 Å². The van der Waals surface area contributed by atoms with Gasteiger partial charge in [0.2, 0.25) is 0 Å². The van der Waals surface area contributed by atoms with Gasteiger partial charge in [0.25, 0.3) is 5.91 Å². The van der Waals surface area contributed by atoms with E-state index in [-0.39, 0.29) is 5.91 Å². The highest BCUT2D eigenvalue weighted by molar-refractivity contribution is 7.04. The first-order chi connectivity index (χ1) is 7.84. The summed E-state index contributed by atoms with van der Waals surface area (Å²) in [6.45, 7) is 0. The lowest BCUT2D eigenvalue weighted by atomic mass is 10.2. The van der Waals surface area contributed by atoms with Crippen LogP contribution >= 0.6 is 11.5 Å². The zero-order valence-corrected chi connectivity index (χ0v) is 9.29.